The van der Waals surface area contributed by atoms with Crippen LogP contribution in [0.3, 0.4) is 0 Å². The lowest BCUT2D eigenvalue weighted by Gasteiger charge is -2.16. The van der Waals surface area contributed by atoms with Crippen LogP contribution in [0.15, 0.2) is 55.1 Å². The zero-order chi connectivity index (χ0) is 17.5. The van der Waals surface area contributed by atoms with Crippen LogP contribution >= 0.6 is 0 Å². The fourth-order valence-corrected chi connectivity index (χ4v) is 2.32. The van der Waals surface area contributed by atoms with E-state index in [9.17, 15) is 4.79 Å². The molecule has 0 aliphatic carbocycles. The average molecular weight is 325 g/mol. The molecule has 24 heavy (non-hydrogen) atoms. The van der Waals surface area contributed by atoms with Crippen molar-refractivity contribution in [3.8, 4) is 11.5 Å². The molecule has 1 amide bonds. The van der Waals surface area contributed by atoms with Crippen molar-refractivity contribution in [1.82, 2.24) is 0 Å². The molecule has 1 N–H and O–H groups in total. The first-order valence-electron chi connectivity index (χ1n) is 7.87. The molecule has 0 unspecified atom stereocenters. The van der Waals surface area contributed by atoms with Gasteiger partial charge in [0.1, 0.15) is 18.1 Å². The van der Waals surface area contributed by atoms with E-state index in [4.69, 9.17) is 9.47 Å². The maximum absolute atomic E-state index is 12.3. The number of rotatable bonds is 7. The van der Waals surface area contributed by atoms with Gasteiger partial charge in [0.2, 0.25) is 0 Å². The summed E-state index contributed by atoms with van der Waals surface area (Å²) >= 11 is 0. The summed E-state index contributed by atoms with van der Waals surface area (Å²) in [6.45, 7) is 9.76. The molecule has 0 aromatic heterocycles. The topological polar surface area (TPSA) is 47.6 Å². The molecule has 4 heteroatoms. The minimum Gasteiger partial charge on any atom is -0.489 e. The molecular formula is C20H23NO3. The molecule has 0 radical (unpaired) electrons. The highest BCUT2D eigenvalue weighted by molar-refractivity contribution is 5.94. The highest BCUT2D eigenvalue weighted by atomic mass is 16.5. The maximum atomic E-state index is 12.3. The van der Waals surface area contributed by atoms with Gasteiger partial charge in [-0.15, -0.1) is 0 Å². The van der Waals surface area contributed by atoms with Crippen molar-refractivity contribution in [3.05, 3.63) is 66.2 Å². The van der Waals surface area contributed by atoms with E-state index in [2.05, 4.69) is 18.0 Å². The summed E-state index contributed by atoms with van der Waals surface area (Å²) in [5.74, 6) is 1.16. The van der Waals surface area contributed by atoms with Crippen LogP contribution in [0.25, 0.3) is 0 Å². The van der Waals surface area contributed by atoms with E-state index >= 15 is 0 Å². The number of hydrogen-bond acceptors (Lipinski definition) is 3. The summed E-state index contributed by atoms with van der Waals surface area (Å²) in [6.07, 6.45) is 1.06. The SMILES string of the molecule is C=CCOc1cccc(NC(=O)[C@@H](C)Oc2cc(C)cc(C)c2)c1. The molecule has 0 aliphatic heterocycles. The molecular weight excluding hydrogens is 302 g/mol. The van der Waals surface area contributed by atoms with Gasteiger partial charge in [-0.1, -0.05) is 24.8 Å². The van der Waals surface area contributed by atoms with Crippen molar-refractivity contribution in [2.24, 2.45) is 0 Å². The van der Waals surface area contributed by atoms with Gasteiger partial charge >= 0.3 is 0 Å². The van der Waals surface area contributed by atoms with Crippen molar-refractivity contribution >= 4 is 11.6 Å². The predicted molar refractivity (Wildman–Crippen MR) is 96.8 cm³/mol. The lowest BCUT2D eigenvalue weighted by Crippen LogP contribution is -2.30. The number of ether oxygens (including phenoxy) is 2. The first-order valence-corrected chi connectivity index (χ1v) is 7.87. The van der Waals surface area contributed by atoms with E-state index in [1.54, 1.807) is 19.1 Å². The molecule has 0 aliphatic rings. The fourth-order valence-electron chi connectivity index (χ4n) is 2.32. The van der Waals surface area contributed by atoms with Gasteiger partial charge in [0.15, 0.2) is 6.10 Å². The van der Waals surface area contributed by atoms with Crippen LogP contribution in [0.2, 0.25) is 0 Å². The van der Waals surface area contributed by atoms with E-state index < -0.39 is 6.10 Å². The van der Waals surface area contributed by atoms with E-state index in [1.165, 1.54) is 0 Å². The average Bonchev–Trinajstić information content (AvgIpc) is 2.52. The Morgan fingerprint density at radius 1 is 1.17 bits per heavy atom. The molecule has 0 saturated carbocycles. The molecule has 4 nitrogen and oxygen atoms in total. The fraction of sp³-hybridized carbons (Fsp3) is 0.250. The van der Waals surface area contributed by atoms with E-state index in [0.717, 1.165) is 11.1 Å². The first kappa shape index (κ1) is 17.6. The van der Waals surface area contributed by atoms with E-state index in [0.29, 0.717) is 23.8 Å². The lowest BCUT2D eigenvalue weighted by atomic mass is 10.1. The molecule has 0 heterocycles. The molecule has 2 rings (SSSR count). The smallest absolute Gasteiger partial charge is 0.265 e. The number of benzene rings is 2. The largest absolute Gasteiger partial charge is 0.489 e. The predicted octanol–water partition coefficient (Wildman–Crippen LogP) is 4.27. The quantitative estimate of drug-likeness (QED) is 0.773. The van der Waals surface area contributed by atoms with Gasteiger partial charge in [0, 0.05) is 11.8 Å². The molecule has 0 fully saturated rings. The van der Waals surface area contributed by atoms with Gasteiger partial charge in [-0.05, 0) is 56.2 Å². The van der Waals surface area contributed by atoms with Crippen LogP contribution in [-0.2, 0) is 4.79 Å². The number of carbonyl (C=O) groups is 1. The Bertz CT molecular complexity index is 704. The number of aryl methyl sites for hydroxylation is 2. The second-order valence-corrected chi connectivity index (χ2v) is 5.70. The third-order valence-electron chi connectivity index (χ3n) is 3.35. The van der Waals surface area contributed by atoms with Gasteiger partial charge in [-0.2, -0.15) is 0 Å². The third kappa shape index (κ3) is 5.16. The Morgan fingerprint density at radius 3 is 2.54 bits per heavy atom. The van der Waals surface area contributed by atoms with Gasteiger partial charge < -0.3 is 14.8 Å². The van der Waals surface area contributed by atoms with Crippen molar-refractivity contribution in [3.63, 3.8) is 0 Å². The highest BCUT2D eigenvalue weighted by Gasteiger charge is 2.15. The molecule has 2 aromatic rings. The number of nitrogens with one attached hydrogen (secondary N) is 1. The Morgan fingerprint density at radius 2 is 1.88 bits per heavy atom. The zero-order valence-corrected chi connectivity index (χ0v) is 14.3. The minimum absolute atomic E-state index is 0.213. The van der Waals surface area contributed by atoms with Crippen molar-refractivity contribution in [1.29, 1.82) is 0 Å². The van der Waals surface area contributed by atoms with Crippen molar-refractivity contribution in [2.45, 2.75) is 26.9 Å². The van der Waals surface area contributed by atoms with Crippen LogP contribution in [0.4, 0.5) is 5.69 Å². The second-order valence-electron chi connectivity index (χ2n) is 5.70. The lowest BCUT2D eigenvalue weighted by molar-refractivity contribution is -0.122. The number of hydrogen-bond donors (Lipinski definition) is 1. The number of carbonyl (C=O) groups excluding carboxylic acids is 1. The Labute approximate surface area is 143 Å². The van der Waals surface area contributed by atoms with Crippen LogP contribution in [0.5, 0.6) is 11.5 Å². The molecule has 1 atom stereocenters. The summed E-state index contributed by atoms with van der Waals surface area (Å²) < 4.78 is 11.2. The van der Waals surface area contributed by atoms with Gasteiger partial charge in [-0.3, -0.25) is 4.79 Å². The summed E-state index contributed by atoms with van der Waals surface area (Å²) in [7, 11) is 0. The normalized spacial score (nSPS) is 11.5. The van der Waals surface area contributed by atoms with Crippen LogP contribution in [-0.4, -0.2) is 18.6 Å². The third-order valence-corrected chi connectivity index (χ3v) is 3.35. The minimum atomic E-state index is -0.607. The molecule has 2 aromatic carbocycles. The molecule has 126 valence electrons. The Hall–Kier alpha value is -2.75. The maximum Gasteiger partial charge on any atom is 0.265 e. The number of anilines is 1. The monoisotopic (exact) mass is 325 g/mol. The van der Waals surface area contributed by atoms with E-state index in [-0.39, 0.29) is 5.91 Å². The summed E-state index contributed by atoms with van der Waals surface area (Å²) in [6, 6.07) is 13.1. The Balaban J connectivity index is 1.99. The standard InChI is InChI=1S/C20H23NO3/c1-5-9-23-18-8-6-7-17(13-18)21-20(22)16(4)24-19-11-14(2)10-15(3)12-19/h5-8,10-13,16H,1,9H2,2-4H3,(H,21,22)/t16-/m1/s1. The molecule has 0 spiro atoms. The van der Waals surface area contributed by atoms with Crippen molar-refractivity contribution in [2.75, 3.05) is 11.9 Å². The zero-order valence-electron chi connectivity index (χ0n) is 14.3. The molecule has 0 saturated heterocycles. The Kier molecular flexibility index (Phi) is 6.01. The van der Waals surface area contributed by atoms with Crippen LogP contribution in [0, 0.1) is 13.8 Å². The first-order chi connectivity index (χ1) is 11.5. The van der Waals surface area contributed by atoms with Gasteiger partial charge in [-0.25, -0.2) is 0 Å². The highest BCUT2D eigenvalue weighted by Crippen LogP contribution is 2.20. The van der Waals surface area contributed by atoms with Gasteiger partial charge in [0.25, 0.3) is 5.91 Å². The van der Waals surface area contributed by atoms with Gasteiger partial charge in [0.05, 0.1) is 0 Å². The number of amides is 1. The summed E-state index contributed by atoms with van der Waals surface area (Å²) in [5.41, 5.74) is 2.87. The van der Waals surface area contributed by atoms with Crippen LogP contribution < -0.4 is 14.8 Å². The molecule has 0 bridgehead atoms. The van der Waals surface area contributed by atoms with Crippen LogP contribution in [0.1, 0.15) is 18.1 Å². The second kappa shape index (κ2) is 8.20. The van der Waals surface area contributed by atoms with Crippen molar-refractivity contribution < 1.29 is 14.3 Å². The summed E-state index contributed by atoms with van der Waals surface area (Å²) in [5, 5.41) is 2.84. The summed E-state index contributed by atoms with van der Waals surface area (Å²) in [4.78, 5) is 12.3. The van der Waals surface area contributed by atoms with E-state index in [1.807, 2.05) is 44.2 Å².